The molecule has 0 radical (unpaired) electrons. The smallest absolute Gasteiger partial charge is 0.260 e. The molecular formula is C23H27N7O. The second-order valence-corrected chi connectivity index (χ2v) is 8.30. The van der Waals surface area contributed by atoms with Crippen LogP contribution < -0.4 is 10.6 Å². The molecule has 1 aliphatic carbocycles. The fourth-order valence-electron chi connectivity index (χ4n) is 4.40. The Hall–Kier alpha value is -3.13. The van der Waals surface area contributed by atoms with Gasteiger partial charge in [0.1, 0.15) is 17.8 Å². The van der Waals surface area contributed by atoms with Crippen LogP contribution >= 0.6 is 0 Å². The lowest BCUT2D eigenvalue weighted by Crippen LogP contribution is -2.24. The zero-order valence-electron chi connectivity index (χ0n) is 18.0. The van der Waals surface area contributed by atoms with Crippen LogP contribution in [0.15, 0.2) is 30.6 Å². The Morgan fingerprint density at radius 2 is 2.00 bits per heavy atom. The number of carbonyl (C=O) groups is 1. The zero-order chi connectivity index (χ0) is 21.5. The highest BCUT2D eigenvalue weighted by atomic mass is 16.2. The fourth-order valence-corrected chi connectivity index (χ4v) is 4.40. The molecule has 0 atom stereocenters. The number of hydrogen-bond acceptors (Lipinski definition) is 6. The molecule has 5 rings (SSSR count). The fraction of sp³-hybridized carbons (Fsp3) is 0.435. The molecule has 8 heteroatoms. The van der Waals surface area contributed by atoms with Gasteiger partial charge in [-0.3, -0.25) is 14.7 Å². The number of carbonyl (C=O) groups excluding carboxylic acids is 1. The molecule has 1 amide bonds. The van der Waals surface area contributed by atoms with Crippen molar-refractivity contribution in [3.63, 3.8) is 0 Å². The summed E-state index contributed by atoms with van der Waals surface area (Å²) in [6, 6.07) is 7.97. The Morgan fingerprint density at radius 3 is 2.71 bits per heavy atom. The minimum atomic E-state index is -0.0416. The molecule has 1 aliphatic heterocycles. The number of fused-ring (bicyclic) bond motifs is 1. The monoisotopic (exact) mass is 417 g/mol. The van der Waals surface area contributed by atoms with Crippen LogP contribution in [0.1, 0.15) is 78.8 Å². The first kappa shape index (κ1) is 19.8. The van der Waals surface area contributed by atoms with Gasteiger partial charge in [0.05, 0.1) is 12.2 Å². The summed E-state index contributed by atoms with van der Waals surface area (Å²) in [6.45, 7) is 5.08. The van der Waals surface area contributed by atoms with E-state index in [0.717, 1.165) is 48.5 Å². The van der Waals surface area contributed by atoms with Crippen LogP contribution in [-0.2, 0) is 13.1 Å². The van der Waals surface area contributed by atoms with Gasteiger partial charge in [-0.1, -0.05) is 19.9 Å². The van der Waals surface area contributed by atoms with E-state index in [1.807, 2.05) is 24.3 Å². The van der Waals surface area contributed by atoms with Crippen molar-refractivity contribution in [2.45, 2.75) is 64.6 Å². The van der Waals surface area contributed by atoms with E-state index in [1.54, 1.807) is 11.2 Å². The summed E-state index contributed by atoms with van der Waals surface area (Å²) >= 11 is 0. The van der Waals surface area contributed by atoms with E-state index < -0.39 is 0 Å². The van der Waals surface area contributed by atoms with Gasteiger partial charge in [-0.2, -0.15) is 0 Å². The van der Waals surface area contributed by atoms with Crippen LogP contribution in [0.4, 0.5) is 5.82 Å². The van der Waals surface area contributed by atoms with E-state index in [-0.39, 0.29) is 5.91 Å². The molecule has 0 bridgehead atoms. The molecule has 3 aromatic rings. The van der Waals surface area contributed by atoms with E-state index in [4.69, 9.17) is 15.7 Å². The number of rotatable bonds is 7. The number of anilines is 1. The summed E-state index contributed by atoms with van der Waals surface area (Å²) in [5, 5.41) is 8.43. The van der Waals surface area contributed by atoms with Crippen LogP contribution in [0.3, 0.4) is 0 Å². The van der Waals surface area contributed by atoms with E-state index >= 15 is 0 Å². The van der Waals surface area contributed by atoms with Crippen molar-refractivity contribution >= 4 is 11.7 Å². The molecule has 160 valence electrons. The van der Waals surface area contributed by atoms with Gasteiger partial charge in [-0.15, -0.1) is 10.2 Å². The van der Waals surface area contributed by atoms with E-state index in [9.17, 15) is 4.79 Å². The van der Waals surface area contributed by atoms with Crippen LogP contribution in [0, 0.1) is 0 Å². The molecule has 3 aromatic heterocycles. The quantitative estimate of drug-likeness (QED) is 0.630. The number of nitrogens with zero attached hydrogens (tertiary/aromatic N) is 6. The van der Waals surface area contributed by atoms with E-state index in [1.165, 1.54) is 0 Å². The van der Waals surface area contributed by atoms with Crippen molar-refractivity contribution in [1.82, 2.24) is 24.7 Å². The van der Waals surface area contributed by atoms with Crippen molar-refractivity contribution in [1.29, 1.82) is 0 Å². The number of pyridine rings is 2. The zero-order valence-corrected chi connectivity index (χ0v) is 18.0. The first-order valence-corrected chi connectivity index (χ1v) is 11.1. The average Bonchev–Trinajstić information content (AvgIpc) is 3.45. The first-order chi connectivity index (χ1) is 15.1. The topological polar surface area (TPSA) is 103 Å². The van der Waals surface area contributed by atoms with E-state index in [2.05, 4.69) is 28.6 Å². The SMILES string of the molecule is CCC(CC)n1cnnc1-c1cccc(N2Cc3c(cc(C4CC4)nc3CN)C2=O)n1. The molecule has 0 aromatic carbocycles. The third-order valence-electron chi connectivity index (χ3n) is 6.36. The molecule has 1 fully saturated rings. The van der Waals surface area contributed by atoms with Crippen LogP contribution in [0.5, 0.6) is 0 Å². The van der Waals surface area contributed by atoms with Crippen molar-refractivity contribution < 1.29 is 4.79 Å². The molecule has 2 N–H and O–H groups in total. The van der Waals surface area contributed by atoms with Gasteiger partial charge in [0, 0.05) is 35.3 Å². The molecule has 4 heterocycles. The summed E-state index contributed by atoms with van der Waals surface area (Å²) in [5.74, 6) is 1.75. The minimum absolute atomic E-state index is 0.0416. The van der Waals surface area contributed by atoms with Crippen molar-refractivity contribution in [2.24, 2.45) is 5.73 Å². The lowest BCUT2D eigenvalue weighted by atomic mass is 10.1. The molecular weight excluding hydrogens is 390 g/mol. The Kier molecular flexibility index (Phi) is 5.02. The maximum absolute atomic E-state index is 13.3. The highest BCUT2D eigenvalue weighted by Gasteiger charge is 2.35. The molecule has 1 saturated carbocycles. The van der Waals surface area contributed by atoms with Gasteiger partial charge in [0.15, 0.2) is 5.82 Å². The Morgan fingerprint density at radius 1 is 1.19 bits per heavy atom. The Labute approximate surface area is 181 Å². The van der Waals surface area contributed by atoms with Crippen LogP contribution in [-0.4, -0.2) is 30.6 Å². The average molecular weight is 418 g/mol. The molecule has 0 saturated heterocycles. The van der Waals surface area contributed by atoms with Gasteiger partial charge in [0.25, 0.3) is 5.91 Å². The second kappa shape index (κ2) is 7.85. The lowest BCUT2D eigenvalue weighted by molar-refractivity contribution is 0.0996. The maximum atomic E-state index is 13.3. The second-order valence-electron chi connectivity index (χ2n) is 8.30. The molecule has 31 heavy (non-hydrogen) atoms. The van der Waals surface area contributed by atoms with Gasteiger partial charge in [-0.25, -0.2) is 4.98 Å². The number of nitrogens with two attached hydrogens (primary N) is 1. The highest BCUT2D eigenvalue weighted by Crippen LogP contribution is 2.41. The molecule has 8 nitrogen and oxygen atoms in total. The van der Waals surface area contributed by atoms with E-state index in [0.29, 0.717) is 42.1 Å². The van der Waals surface area contributed by atoms with Crippen molar-refractivity contribution in [3.8, 4) is 11.5 Å². The first-order valence-electron chi connectivity index (χ1n) is 11.1. The third-order valence-corrected chi connectivity index (χ3v) is 6.36. The number of hydrogen-bond donors (Lipinski definition) is 1. The van der Waals surface area contributed by atoms with Crippen LogP contribution in [0.2, 0.25) is 0 Å². The summed E-state index contributed by atoms with van der Waals surface area (Å²) in [6.07, 6.45) is 6.00. The summed E-state index contributed by atoms with van der Waals surface area (Å²) in [4.78, 5) is 24.6. The van der Waals surface area contributed by atoms with Crippen molar-refractivity contribution in [2.75, 3.05) is 4.90 Å². The Bertz CT molecular complexity index is 1130. The summed E-state index contributed by atoms with van der Waals surface area (Å²) in [5.41, 5.74) is 10.1. The molecule has 2 aliphatic rings. The predicted octanol–water partition coefficient (Wildman–Crippen LogP) is 3.59. The molecule has 0 spiro atoms. The van der Waals surface area contributed by atoms with Crippen molar-refractivity contribution in [3.05, 3.63) is 53.1 Å². The summed E-state index contributed by atoms with van der Waals surface area (Å²) < 4.78 is 2.07. The lowest BCUT2D eigenvalue weighted by Gasteiger charge is -2.18. The minimum Gasteiger partial charge on any atom is -0.325 e. The number of amides is 1. The number of aromatic nitrogens is 5. The Balaban J connectivity index is 1.50. The van der Waals surface area contributed by atoms with Gasteiger partial charge in [0.2, 0.25) is 0 Å². The van der Waals surface area contributed by atoms with Crippen LogP contribution in [0.25, 0.3) is 11.5 Å². The van der Waals surface area contributed by atoms with Gasteiger partial charge < -0.3 is 10.3 Å². The third kappa shape index (κ3) is 3.40. The maximum Gasteiger partial charge on any atom is 0.260 e. The normalized spacial score (nSPS) is 15.7. The van der Waals surface area contributed by atoms with Gasteiger partial charge >= 0.3 is 0 Å². The molecule has 0 unspecified atom stereocenters. The standard InChI is InChI=1S/C23H27N7O/c1-3-15(4-2)30-13-25-28-22(30)18-6-5-7-21(27-18)29-12-17-16(23(29)31)10-19(14-8-9-14)26-20(17)11-24/h5-7,10,13-15H,3-4,8-9,11-12,24H2,1-2H3. The predicted molar refractivity (Wildman–Crippen MR) is 117 cm³/mol. The highest BCUT2D eigenvalue weighted by molar-refractivity contribution is 6.09. The van der Waals surface area contributed by atoms with Gasteiger partial charge in [-0.05, 0) is 43.9 Å². The summed E-state index contributed by atoms with van der Waals surface area (Å²) in [7, 11) is 0. The largest absolute Gasteiger partial charge is 0.325 e.